The zero-order valence-electron chi connectivity index (χ0n) is 11.8. The van der Waals surface area contributed by atoms with Crippen LogP contribution in [0.2, 0.25) is 0 Å². The molecule has 104 valence electrons. The maximum absolute atomic E-state index is 11.6. The molecule has 4 nitrogen and oxygen atoms in total. The normalized spacial score (nSPS) is 16.3. The van der Waals surface area contributed by atoms with Gasteiger partial charge in [0.05, 0.1) is 0 Å². The number of carbonyl (C=O) groups excluding carboxylic acids is 1. The van der Waals surface area contributed by atoms with Crippen LogP contribution in [0.4, 0.5) is 16.2 Å². The Bertz CT molecular complexity index is 416. The van der Waals surface area contributed by atoms with E-state index < -0.39 is 0 Å². The van der Waals surface area contributed by atoms with Gasteiger partial charge in [-0.1, -0.05) is 19.8 Å². The number of amides is 2. The second-order valence-electron chi connectivity index (χ2n) is 5.12. The van der Waals surface area contributed by atoms with Gasteiger partial charge in [0.15, 0.2) is 0 Å². The molecule has 1 aromatic rings. The van der Waals surface area contributed by atoms with E-state index in [4.69, 9.17) is 0 Å². The SMILES string of the molecule is CCCCC(C)Nc1ccc(N2CCNC2=O)cc1. The minimum Gasteiger partial charge on any atom is -0.383 e. The molecule has 19 heavy (non-hydrogen) atoms. The number of carbonyl (C=O) groups is 1. The molecule has 2 amide bonds. The molecule has 1 aliphatic rings. The van der Waals surface area contributed by atoms with Gasteiger partial charge in [0.25, 0.3) is 0 Å². The number of unbranched alkanes of at least 4 members (excludes halogenated alkanes) is 1. The molecule has 0 spiro atoms. The quantitative estimate of drug-likeness (QED) is 0.826. The van der Waals surface area contributed by atoms with E-state index in [-0.39, 0.29) is 6.03 Å². The second kappa shape index (κ2) is 6.45. The highest BCUT2D eigenvalue weighted by molar-refractivity contribution is 5.94. The van der Waals surface area contributed by atoms with Crippen molar-refractivity contribution in [3.05, 3.63) is 24.3 Å². The van der Waals surface area contributed by atoms with Gasteiger partial charge >= 0.3 is 6.03 Å². The van der Waals surface area contributed by atoms with E-state index in [2.05, 4.69) is 24.5 Å². The zero-order valence-corrected chi connectivity index (χ0v) is 11.8. The number of anilines is 2. The third-order valence-electron chi connectivity index (χ3n) is 3.44. The summed E-state index contributed by atoms with van der Waals surface area (Å²) in [4.78, 5) is 13.3. The topological polar surface area (TPSA) is 44.4 Å². The predicted octanol–water partition coefficient (Wildman–Crippen LogP) is 3.21. The lowest BCUT2D eigenvalue weighted by molar-refractivity contribution is 0.252. The van der Waals surface area contributed by atoms with Crippen molar-refractivity contribution in [1.29, 1.82) is 0 Å². The van der Waals surface area contributed by atoms with Crippen molar-refractivity contribution < 1.29 is 4.79 Å². The molecule has 1 aliphatic heterocycles. The number of urea groups is 1. The highest BCUT2D eigenvalue weighted by atomic mass is 16.2. The number of hydrogen-bond acceptors (Lipinski definition) is 2. The van der Waals surface area contributed by atoms with Gasteiger partial charge in [0.2, 0.25) is 0 Å². The van der Waals surface area contributed by atoms with Crippen molar-refractivity contribution in [3.63, 3.8) is 0 Å². The first-order chi connectivity index (χ1) is 9.20. The fourth-order valence-corrected chi connectivity index (χ4v) is 2.32. The minimum atomic E-state index is -0.00276. The monoisotopic (exact) mass is 261 g/mol. The molecule has 1 atom stereocenters. The van der Waals surface area contributed by atoms with E-state index in [9.17, 15) is 4.79 Å². The van der Waals surface area contributed by atoms with Crippen LogP contribution in [-0.4, -0.2) is 25.2 Å². The molecule has 1 unspecified atom stereocenters. The smallest absolute Gasteiger partial charge is 0.321 e. The summed E-state index contributed by atoms with van der Waals surface area (Å²) in [7, 11) is 0. The summed E-state index contributed by atoms with van der Waals surface area (Å²) in [6, 6.07) is 8.57. The van der Waals surface area contributed by atoms with Gasteiger partial charge in [-0.05, 0) is 37.6 Å². The van der Waals surface area contributed by atoms with Gasteiger partial charge in [-0.3, -0.25) is 4.90 Å². The molecule has 1 heterocycles. The lowest BCUT2D eigenvalue weighted by Gasteiger charge is -2.17. The number of nitrogens with zero attached hydrogens (tertiary/aromatic N) is 1. The standard InChI is InChI=1S/C15H23N3O/c1-3-4-5-12(2)17-13-6-8-14(9-7-13)18-11-10-16-15(18)19/h6-9,12,17H,3-5,10-11H2,1-2H3,(H,16,19). The Labute approximate surface area is 115 Å². The van der Waals surface area contributed by atoms with Crippen molar-refractivity contribution in [3.8, 4) is 0 Å². The summed E-state index contributed by atoms with van der Waals surface area (Å²) in [6.45, 7) is 5.89. The summed E-state index contributed by atoms with van der Waals surface area (Å²) in [5, 5.41) is 6.30. The molecule has 2 N–H and O–H groups in total. The first-order valence-corrected chi connectivity index (χ1v) is 7.12. The summed E-state index contributed by atoms with van der Waals surface area (Å²) >= 11 is 0. The second-order valence-corrected chi connectivity index (χ2v) is 5.12. The molecule has 4 heteroatoms. The number of hydrogen-bond donors (Lipinski definition) is 2. The van der Waals surface area contributed by atoms with E-state index in [0.29, 0.717) is 6.04 Å². The fourth-order valence-electron chi connectivity index (χ4n) is 2.32. The molecule has 0 aromatic heterocycles. The van der Waals surface area contributed by atoms with Crippen LogP contribution in [0.15, 0.2) is 24.3 Å². The maximum Gasteiger partial charge on any atom is 0.321 e. The van der Waals surface area contributed by atoms with Crippen molar-refractivity contribution in [2.75, 3.05) is 23.3 Å². The van der Waals surface area contributed by atoms with Gasteiger partial charge in [0.1, 0.15) is 0 Å². The Balaban J connectivity index is 1.92. The molecule has 1 saturated heterocycles. The number of benzene rings is 1. The van der Waals surface area contributed by atoms with Crippen molar-refractivity contribution in [1.82, 2.24) is 5.32 Å². The first-order valence-electron chi connectivity index (χ1n) is 7.12. The molecule has 0 aliphatic carbocycles. The van der Waals surface area contributed by atoms with E-state index in [1.807, 2.05) is 24.3 Å². The van der Waals surface area contributed by atoms with Gasteiger partial charge in [-0.2, -0.15) is 0 Å². The van der Waals surface area contributed by atoms with Crippen molar-refractivity contribution in [2.24, 2.45) is 0 Å². The van der Waals surface area contributed by atoms with Crippen LogP contribution in [0.25, 0.3) is 0 Å². The molecule has 1 fully saturated rings. The van der Waals surface area contributed by atoms with Gasteiger partial charge in [0, 0.05) is 30.5 Å². The Morgan fingerprint density at radius 2 is 2.11 bits per heavy atom. The average molecular weight is 261 g/mol. The van der Waals surface area contributed by atoms with Crippen LogP contribution < -0.4 is 15.5 Å². The minimum absolute atomic E-state index is 0.00276. The van der Waals surface area contributed by atoms with E-state index >= 15 is 0 Å². The highest BCUT2D eigenvalue weighted by Crippen LogP contribution is 2.20. The molecule has 0 saturated carbocycles. The molecular formula is C15H23N3O. The fraction of sp³-hybridized carbons (Fsp3) is 0.533. The Kier molecular flexibility index (Phi) is 4.66. The van der Waals surface area contributed by atoms with E-state index in [1.54, 1.807) is 4.90 Å². The Morgan fingerprint density at radius 3 is 2.68 bits per heavy atom. The summed E-state index contributed by atoms with van der Waals surface area (Å²) in [5.41, 5.74) is 2.08. The zero-order chi connectivity index (χ0) is 13.7. The largest absolute Gasteiger partial charge is 0.383 e. The van der Waals surface area contributed by atoms with Gasteiger partial charge < -0.3 is 10.6 Å². The average Bonchev–Trinajstić information content (AvgIpc) is 2.83. The number of nitrogens with one attached hydrogen (secondary N) is 2. The lowest BCUT2D eigenvalue weighted by atomic mass is 10.1. The van der Waals surface area contributed by atoms with E-state index in [1.165, 1.54) is 19.3 Å². The van der Waals surface area contributed by atoms with Crippen molar-refractivity contribution >= 4 is 17.4 Å². The van der Waals surface area contributed by atoms with Crippen LogP contribution in [0.5, 0.6) is 0 Å². The van der Waals surface area contributed by atoms with E-state index in [0.717, 1.165) is 24.5 Å². The van der Waals surface area contributed by atoms with Crippen molar-refractivity contribution in [2.45, 2.75) is 39.2 Å². The molecular weight excluding hydrogens is 238 g/mol. The van der Waals surface area contributed by atoms with Gasteiger partial charge in [-0.25, -0.2) is 4.79 Å². The van der Waals surface area contributed by atoms with Crippen LogP contribution >= 0.6 is 0 Å². The molecule has 0 bridgehead atoms. The predicted molar refractivity (Wildman–Crippen MR) is 79.8 cm³/mol. The molecule has 1 aromatic carbocycles. The third-order valence-corrected chi connectivity index (χ3v) is 3.44. The van der Waals surface area contributed by atoms with Crippen LogP contribution in [0.3, 0.4) is 0 Å². The summed E-state index contributed by atoms with van der Waals surface area (Å²) < 4.78 is 0. The lowest BCUT2D eigenvalue weighted by Crippen LogP contribution is -2.27. The molecule has 2 rings (SSSR count). The Morgan fingerprint density at radius 1 is 1.37 bits per heavy atom. The summed E-state index contributed by atoms with van der Waals surface area (Å²) in [6.07, 6.45) is 3.67. The highest BCUT2D eigenvalue weighted by Gasteiger charge is 2.20. The molecule has 0 radical (unpaired) electrons. The number of rotatable bonds is 6. The third kappa shape index (κ3) is 3.63. The van der Waals surface area contributed by atoms with Crippen LogP contribution in [-0.2, 0) is 0 Å². The first kappa shape index (κ1) is 13.7. The maximum atomic E-state index is 11.6. The van der Waals surface area contributed by atoms with Gasteiger partial charge in [-0.15, -0.1) is 0 Å². The summed E-state index contributed by atoms with van der Waals surface area (Å²) in [5.74, 6) is 0. The Hall–Kier alpha value is -1.71. The van der Waals surface area contributed by atoms with Crippen LogP contribution in [0, 0.1) is 0 Å². The van der Waals surface area contributed by atoms with Crippen LogP contribution in [0.1, 0.15) is 33.1 Å².